The highest BCUT2D eigenvalue weighted by Crippen LogP contribution is 2.43. The fourth-order valence-electron chi connectivity index (χ4n) is 4.21. The molecule has 2 atom stereocenters. The second-order valence-corrected chi connectivity index (χ2v) is 9.11. The van der Waals surface area contributed by atoms with Gasteiger partial charge in [-0.1, -0.05) is 48.0 Å². The summed E-state index contributed by atoms with van der Waals surface area (Å²) >= 11 is 3.42. The molecule has 32 heavy (non-hydrogen) atoms. The number of rotatable bonds is 6. The summed E-state index contributed by atoms with van der Waals surface area (Å²) in [6.07, 6.45) is 1.59. The molecule has 1 aromatic heterocycles. The molecule has 0 saturated carbocycles. The van der Waals surface area contributed by atoms with Crippen molar-refractivity contribution in [3.63, 3.8) is 0 Å². The third kappa shape index (κ3) is 3.95. The Labute approximate surface area is 194 Å². The van der Waals surface area contributed by atoms with Gasteiger partial charge in [-0.15, -0.1) is 0 Å². The first-order valence-corrected chi connectivity index (χ1v) is 11.2. The number of carbonyl (C=O) groups excluding carboxylic acids is 1. The molecular formula is C24H25BrN2O5. The van der Waals surface area contributed by atoms with Gasteiger partial charge < -0.3 is 24.5 Å². The number of aromatic amines is 1. The fourth-order valence-corrected chi connectivity index (χ4v) is 4.67. The zero-order valence-corrected chi connectivity index (χ0v) is 19.7. The molecule has 2 N–H and O–H groups in total. The van der Waals surface area contributed by atoms with E-state index < -0.39 is 18.1 Å². The van der Waals surface area contributed by atoms with E-state index in [9.17, 15) is 14.7 Å². The summed E-state index contributed by atoms with van der Waals surface area (Å²) in [6.45, 7) is 4.00. The Balaban J connectivity index is 1.78. The molecule has 1 amide bonds. The zero-order valence-electron chi connectivity index (χ0n) is 18.1. The lowest BCUT2D eigenvalue weighted by Gasteiger charge is -2.29. The molecule has 0 spiro atoms. The molecule has 1 aliphatic heterocycles. The molecule has 1 aliphatic rings. The predicted octanol–water partition coefficient (Wildman–Crippen LogP) is 4.55. The number of amides is 1. The van der Waals surface area contributed by atoms with Gasteiger partial charge >= 0.3 is 5.97 Å². The number of hydrogen-bond donors (Lipinski definition) is 2. The predicted molar refractivity (Wildman–Crippen MR) is 124 cm³/mol. The van der Waals surface area contributed by atoms with Crippen LogP contribution in [-0.2, 0) is 16.0 Å². The number of nitrogens with zero attached hydrogens (tertiary/aromatic N) is 1. The molecule has 8 heteroatoms. The van der Waals surface area contributed by atoms with E-state index >= 15 is 0 Å². The highest BCUT2D eigenvalue weighted by molar-refractivity contribution is 9.10. The van der Waals surface area contributed by atoms with Gasteiger partial charge in [0, 0.05) is 33.7 Å². The van der Waals surface area contributed by atoms with Crippen molar-refractivity contribution in [1.82, 2.24) is 9.88 Å². The Morgan fingerprint density at radius 3 is 2.75 bits per heavy atom. The quantitative estimate of drug-likeness (QED) is 0.517. The van der Waals surface area contributed by atoms with Crippen LogP contribution in [0.4, 0.5) is 0 Å². The van der Waals surface area contributed by atoms with Crippen LogP contribution in [0.3, 0.4) is 0 Å². The number of nitrogens with one attached hydrogen (secondary N) is 1. The average Bonchev–Trinajstić information content (AvgIpc) is 3.11. The molecule has 2 aromatic carbocycles. The standard InChI is InChI=1S/C24H25BrN2O5/c1-13(2)21-23(28)27(9-8-14-12-26-18-7-5-4-6-16(14)18)20(24(29)30)17-10-15(25)11-19(31-3)22(17)32-21/h4-7,10-13,20-21,26H,8-9H2,1-3H3,(H,29,30). The maximum Gasteiger partial charge on any atom is 0.331 e. The van der Waals surface area contributed by atoms with Gasteiger partial charge in [0.25, 0.3) is 5.91 Å². The minimum atomic E-state index is -1.20. The third-order valence-electron chi connectivity index (χ3n) is 5.78. The van der Waals surface area contributed by atoms with Crippen molar-refractivity contribution in [2.75, 3.05) is 13.7 Å². The Morgan fingerprint density at radius 1 is 1.31 bits per heavy atom. The van der Waals surface area contributed by atoms with Crippen LogP contribution < -0.4 is 9.47 Å². The van der Waals surface area contributed by atoms with Crippen LogP contribution in [0.15, 0.2) is 47.1 Å². The van der Waals surface area contributed by atoms with Crippen LogP contribution >= 0.6 is 15.9 Å². The minimum Gasteiger partial charge on any atom is -0.493 e. The van der Waals surface area contributed by atoms with Crippen LogP contribution in [0.5, 0.6) is 11.5 Å². The number of halogens is 1. The van der Waals surface area contributed by atoms with Crippen molar-refractivity contribution in [3.8, 4) is 11.5 Å². The van der Waals surface area contributed by atoms with E-state index in [1.54, 1.807) is 12.1 Å². The summed E-state index contributed by atoms with van der Waals surface area (Å²) in [5, 5.41) is 11.3. The van der Waals surface area contributed by atoms with Gasteiger partial charge in [-0.05, 0) is 36.1 Å². The first kappa shape index (κ1) is 22.2. The van der Waals surface area contributed by atoms with Crippen LogP contribution in [0, 0.1) is 5.92 Å². The molecule has 0 bridgehead atoms. The number of methoxy groups -OCH3 is 1. The number of carboxylic acids is 1. The number of H-pyrrole nitrogens is 1. The normalized spacial score (nSPS) is 18.4. The maximum absolute atomic E-state index is 13.6. The Kier molecular flexibility index (Phi) is 6.15. The van der Waals surface area contributed by atoms with Crippen LogP contribution in [0.1, 0.15) is 31.0 Å². The first-order chi connectivity index (χ1) is 15.3. The Morgan fingerprint density at radius 2 is 2.06 bits per heavy atom. The van der Waals surface area contributed by atoms with Crippen LogP contribution in [0.2, 0.25) is 0 Å². The summed E-state index contributed by atoms with van der Waals surface area (Å²) in [4.78, 5) is 30.7. The molecule has 0 radical (unpaired) electrons. The largest absolute Gasteiger partial charge is 0.493 e. The van der Waals surface area contributed by atoms with Crippen molar-refractivity contribution >= 4 is 38.7 Å². The number of ether oxygens (including phenoxy) is 2. The van der Waals surface area contributed by atoms with Gasteiger partial charge in [0.15, 0.2) is 23.6 Å². The first-order valence-electron chi connectivity index (χ1n) is 10.4. The van der Waals surface area contributed by atoms with Gasteiger partial charge in [-0.25, -0.2) is 4.79 Å². The smallest absolute Gasteiger partial charge is 0.331 e. The monoisotopic (exact) mass is 500 g/mol. The van der Waals surface area contributed by atoms with Gasteiger partial charge in [-0.3, -0.25) is 4.79 Å². The van der Waals surface area contributed by atoms with E-state index in [0.29, 0.717) is 28.0 Å². The summed E-state index contributed by atoms with van der Waals surface area (Å²) in [6, 6.07) is 10.1. The summed E-state index contributed by atoms with van der Waals surface area (Å²) in [7, 11) is 1.49. The van der Waals surface area contributed by atoms with Gasteiger partial charge in [-0.2, -0.15) is 0 Å². The average molecular weight is 501 g/mol. The topological polar surface area (TPSA) is 91.9 Å². The Hall–Kier alpha value is -3.00. The molecule has 7 nitrogen and oxygen atoms in total. The SMILES string of the molecule is COc1cc(Br)cc2c1OC(C(C)C)C(=O)N(CCc1c[nH]c3ccccc13)C2C(=O)O. The summed E-state index contributed by atoms with van der Waals surface area (Å²) in [5.41, 5.74) is 2.41. The Bertz CT molecular complexity index is 1170. The molecule has 0 fully saturated rings. The van der Waals surface area contributed by atoms with Gasteiger partial charge in [0.1, 0.15) is 0 Å². The maximum atomic E-state index is 13.6. The lowest BCUT2D eigenvalue weighted by atomic mass is 10.0. The molecular weight excluding hydrogens is 476 g/mol. The lowest BCUT2D eigenvalue weighted by molar-refractivity contribution is -0.153. The third-order valence-corrected chi connectivity index (χ3v) is 6.24. The van der Waals surface area contributed by atoms with Crippen molar-refractivity contribution in [2.24, 2.45) is 5.92 Å². The fraction of sp³-hybridized carbons (Fsp3) is 0.333. The molecule has 0 saturated heterocycles. The van der Waals surface area contributed by atoms with Gasteiger partial charge in [0.05, 0.1) is 7.11 Å². The van der Waals surface area contributed by atoms with Crippen LogP contribution in [0.25, 0.3) is 10.9 Å². The number of carboxylic acid groups (broad SMARTS) is 1. The van der Waals surface area contributed by atoms with Crippen molar-refractivity contribution in [2.45, 2.75) is 32.4 Å². The molecule has 2 heterocycles. The summed E-state index contributed by atoms with van der Waals surface area (Å²) < 4.78 is 12.2. The van der Waals surface area contributed by atoms with E-state index in [1.807, 2.05) is 44.3 Å². The highest BCUT2D eigenvalue weighted by atomic mass is 79.9. The van der Waals surface area contributed by atoms with E-state index in [2.05, 4.69) is 20.9 Å². The van der Waals surface area contributed by atoms with E-state index in [4.69, 9.17) is 9.47 Å². The number of hydrogen-bond acceptors (Lipinski definition) is 4. The van der Waals surface area contributed by atoms with E-state index in [0.717, 1.165) is 16.5 Å². The van der Waals surface area contributed by atoms with Crippen molar-refractivity contribution in [1.29, 1.82) is 0 Å². The minimum absolute atomic E-state index is 0.160. The van der Waals surface area contributed by atoms with E-state index in [1.165, 1.54) is 12.0 Å². The highest BCUT2D eigenvalue weighted by Gasteiger charge is 2.43. The second kappa shape index (κ2) is 8.86. The molecule has 3 aromatic rings. The second-order valence-electron chi connectivity index (χ2n) is 8.19. The number of fused-ring (bicyclic) bond motifs is 2. The number of para-hydroxylation sites is 1. The molecule has 2 unspecified atom stereocenters. The number of benzene rings is 2. The number of aliphatic carboxylic acids is 1. The molecule has 4 rings (SSSR count). The molecule has 168 valence electrons. The van der Waals surface area contributed by atoms with Gasteiger partial charge in [0.2, 0.25) is 0 Å². The van der Waals surface area contributed by atoms with Crippen LogP contribution in [-0.4, -0.2) is 46.6 Å². The zero-order chi connectivity index (χ0) is 23.0. The number of carbonyl (C=O) groups is 2. The number of aromatic nitrogens is 1. The summed E-state index contributed by atoms with van der Waals surface area (Å²) in [5.74, 6) is -0.942. The lowest BCUT2D eigenvalue weighted by Crippen LogP contribution is -2.46. The van der Waals surface area contributed by atoms with Crippen molar-refractivity contribution < 1.29 is 24.2 Å². The van der Waals surface area contributed by atoms with Crippen molar-refractivity contribution in [3.05, 3.63) is 58.2 Å². The molecule has 0 aliphatic carbocycles. The van der Waals surface area contributed by atoms with E-state index in [-0.39, 0.29) is 18.4 Å².